The summed E-state index contributed by atoms with van der Waals surface area (Å²) in [5.41, 5.74) is 2.36. The quantitative estimate of drug-likeness (QED) is 0.864. The summed E-state index contributed by atoms with van der Waals surface area (Å²) in [6, 6.07) is 0.496. The summed E-state index contributed by atoms with van der Waals surface area (Å²) in [7, 11) is 0. The van der Waals surface area contributed by atoms with Gasteiger partial charge < -0.3 is 10.2 Å². The van der Waals surface area contributed by atoms with Crippen molar-refractivity contribution < 1.29 is 4.79 Å². The molecule has 1 fully saturated rings. The fraction of sp³-hybridized carbons (Fsp3) is 0.733. The molecule has 5 heteroatoms. The van der Waals surface area contributed by atoms with Crippen LogP contribution in [0.2, 0.25) is 0 Å². The number of hydrogen-bond acceptors (Lipinski definition) is 3. The molecule has 1 amide bonds. The normalized spacial score (nSPS) is 23.1. The molecule has 0 saturated carbocycles. The van der Waals surface area contributed by atoms with E-state index in [1.54, 1.807) is 0 Å². The van der Waals surface area contributed by atoms with Crippen molar-refractivity contribution >= 4 is 5.91 Å². The average molecular weight is 278 g/mol. The van der Waals surface area contributed by atoms with Gasteiger partial charge >= 0.3 is 0 Å². The van der Waals surface area contributed by atoms with Crippen molar-refractivity contribution in [3.05, 3.63) is 17.5 Å². The third kappa shape index (κ3) is 3.39. The summed E-state index contributed by atoms with van der Waals surface area (Å²) in [6.45, 7) is 8.82. The molecule has 1 aliphatic rings. The fourth-order valence-electron chi connectivity index (χ4n) is 2.96. The molecule has 2 rings (SSSR count). The topological polar surface area (TPSA) is 61.0 Å². The minimum absolute atomic E-state index is 0.285. The Balaban J connectivity index is 1.89. The van der Waals surface area contributed by atoms with Crippen molar-refractivity contribution in [1.29, 1.82) is 0 Å². The third-order valence-corrected chi connectivity index (χ3v) is 4.40. The number of hydrogen-bond donors (Lipinski definition) is 2. The van der Waals surface area contributed by atoms with E-state index in [-0.39, 0.29) is 5.91 Å². The molecule has 1 aliphatic heterocycles. The van der Waals surface area contributed by atoms with Gasteiger partial charge in [-0.15, -0.1) is 0 Å². The second-order valence-electron chi connectivity index (χ2n) is 5.66. The Morgan fingerprint density at radius 2 is 2.35 bits per heavy atom. The van der Waals surface area contributed by atoms with Gasteiger partial charge in [0.25, 0.3) is 0 Å². The molecular weight excluding hydrogens is 252 g/mol. The Hall–Kier alpha value is -1.36. The van der Waals surface area contributed by atoms with E-state index in [9.17, 15) is 4.79 Å². The van der Waals surface area contributed by atoms with Crippen LogP contribution in [0.25, 0.3) is 0 Å². The summed E-state index contributed by atoms with van der Waals surface area (Å²) in [4.78, 5) is 13.8. The monoisotopic (exact) mass is 278 g/mol. The zero-order valence-electron chi connectivity index (χ0n) is 12.8. The van der Waals surface area contributed by atoms with Crippen LogP contribution in [0.4, 0.5) is 0 Å². The van der Waals surface area contributed by atoms with Crippen molar-refractivity contribution in [2.75, 3.05) is 13.1 Å². The summed E-state index contributed by atoms with van der Waals surface area (Å²) in [5, 5.41) is 10.7. The number of nitrogens with zero attached hydrogens (tertiary/aromatic N) is 2. The van der Waals surface area contributed by atoms with E-state index >= 15 is 0 Å². The second kappa shape index (κ2) is 6.88. The molecule has 1 aromatic heterocycles. The van der Waals surface area contributed by atoms with Crippen LogP contribution in [-0.4, -0.2) is 40.1 Å². The Morgan fingerprint density at radius 3 is 2.95 bits per heavy atom. The van der Waals surface area contributed by atoms with E-state index in [0.717, 1.165) is 38.2 Å². The Kier molecular flexibility index (Phi) is 5.17. The van der Waals surface area contributed by atoms with Gasteiger partial charge in [0.05, 0.1) is 6.20 Å². The van der Waals surface area contributed by atoms with Gasteiger partial charge in [-0.25, -0.2) is 0 Å². The number of piperidine rings is 1. The molecule has 112 valence electrons. The van der Waals surface area contributed by atoms with Crippen molar-refractivity contribution in [2.24, 2.45) is 5.92 Å². The van der Waals surface area contributed by atoms with Crippen LogP contribution >= 0.6 is 0 Å². The minimum Gasteiger partial charge on any atom is -0.342 e. The number of aromatic amines is 1. The van der Waals surface area contributed by atoms with Gasteiger partial charge in [0.1, 0.15) is 0 Å². The highest BCUT2D eigenvalue weighted by atomic mass is 16.2. The molecule has 2 atom stereocenters. The Labute approximate surface area is 121 Å². The number of carbonyl (C=O) groups is 1. The van der Waals surface area contributed by atoms with Crippen LogP contribution in [0.3, 0.4) is 0 Å². The lowest BCUT2D eigenvalue weighted by atomic mass is 9.89. The maximum atomic E-state index is 11.8. The summed E-state index contributed by atoms with van der Waals surface area (Å²) < 4.78 is 0. The van der Waals surface area contributed by atoms with Gasteiger partial charge in [0.15, 0.2) is 0 Å². The van der Waals surface area contributed by atoms with Gasteiger partial charge in [-0.3, -0.25) is 9.89 Å². The number of nitrogens with one attached hydrogen (secondary N) is 2. The molecular formula is C15H26N4O. The van der Waals surface area contributed by atoms with E-state index in [0.29, 0.717) is 18.4 Å². The van der Waals surface area contributed by atoms with Crippen LogP contribution in [-0.2, 0) is 11.3 Å². The standard InChI is InChI=1S/C15H26N4O/c1-4-12-10-19(15(20)5-2)7-6-14(12)16-8-13-9-17-18-11(13)3/h9,12,14,16H,4-8,10H2,1-3H3,(H,17,18)/t12-,14-/m0/s1. The van der Waals surface area contributed by atoms with Crippen molar-refractivity contribution in [3.8, 4) is 0 Å². The number of rotatable bonds is 5. The lowest BCUT2D eigenvalue weighted by Gasteiger charge is -2.38. The molecule has 1 aromatic rings. The van der Waals surface area contributed by atoms with Crippen LogP contribution in [0, 0.1) is 12.8 Å². The molecule has 5 nitrogen and oxygen atoms in total. The molecule has 20 heavy (non-hydrogen) atoms. The first-order valence-corrected chi connectivity index (χ1v) is 7.65. The zero-order chi connectivity index (χ0) is 14.5. The van der Waals surface area contributed by atoms with E-state index in [4.69, 9.17) is 0 Å². The summed E-state index contributed by atoms with van der Waals surface area (Å²) in [5.74, 6) is 0.832. The molecule has 0 aliphatic carbocycles. The highest BCUT2D eigenvalue weighted by Crippen LogP contribution is 2.21. The van der Waals surface area contributed by atoms with Crippen LogP contribution in [0.15, 0.2) is 6.20 Å². The van der Waals surface area contributed by atoms with E-state index in [1.807, 2.05) is 24.9 Å². The average Bonchev–Trinajstić information content (AvgIpc) is 2.89. The van der Waals surface area contributed by atoms with E-state index in [2.05, 4.69) is 22.4 Å². The summed E-state index contributed by atoms with van der Waals surface area (Å²) >= 11 is 0. The fourth-order valence-corrected chi connectivity index (χ4v) is 2.96. The minimum atomic E-state index is 0.285. The zero-order valence-corrected chi connectivity index (χ0v) is 12.8. The van der Waals surface area contributed by atoms with Crippen molar-refractivity contribution in [1.82, 2.24) is 20.4 Å². The van der Waals surface area contributed by atoms with E-state index < -0.39 is 0 Å². The Bertz CT molecular complexity index is 443. The maximum absolute atomic E-state index is 11.8. The lowest BCUT2D eigenvalue weighted by molar-refractivity contribution is -0.133. The number of aromatic nitrogens is 2. The van der Waals surface area contributed by atoms with Gasteiger partial charge in [-0.05, 0) is 19.3 Å². The van der Waals surface area contributed by atoms with Crippen molar-refractivity contribution in [2.45, 2.75) is 52.6 Å². The van der Waals surface area contributed by atoms with Crippen LogP contribution in [0.5, 0.6) is 0 Å². The molecule has 2 heterocycles. The smallest absolute Gasteiger partial charge is 0.222 e. The highest BCUT2D eigenvalue weighted by Gasteiger charge is 2.29. The SMILES string of the molecule is CCC(=O)N1CC[C@H](NCc2cn[nH]c2C)[C@@H](CC)C1. The first-order valence-electron chi connectivity index (χ1n) is 7.65. The number of aryl methyl sites for hydroxylation is 1. The lowest BCUT2D eigenvalue weighted by Crippen LogP contribution is -2.50. The predicted octanol–water partition coefficient (Wildman–Crippen LogP) is 1.84. The largest absolute Gasteiger partial charge is 0.342 e. The van der Waals surface area contributed by atoms with Gasteiger partial charge in [0.2, 0.25) is 5.91 Å². The molecule has 0 radical (unpaired) electrons. The van der Waals surface area contributed by atoms with Gasteiger partial charge in [0, 0.05) is 43.4 Å². The third-order valence-electron chi connectivity index (χ3n) is 4.40. The molecule has 1 saturated heterocycles. The van der Waals surface area contributed by atoms with Gasteiger partial charge in [-0.2, -0.15) is 5.10 Å². The molecule has 0 bridgehead atoms. The molecule has 0 spiro atoms. The van der Waals surface area contributed by atoms with Crippen LogP contribution < -0.4 is 5.32 Å². The maximum Gasteiger partial charge on any atom is 0.222 e. The summed E-state index contributed by atoms with van der Waals surface area (Å²) in [6.07, 6.45) is 4.65. The van der Waals surface area contributed by atoms with Gasteiger partial charge in [-0.1, -0.05) is 20.3 Å². The number of carbonyl (C=O) groups excluding carboxylic acids is 1. The number of amides is 1. The first kappa shape index (κ1) is 15.0. The Morgan fingerprint density at radius 1 is 1.55 bits per heavy atom. The highest BCUT2D eigenvalue weighted by molar-refractivity contribution is 5.75. The molecule has 0 unspecified atom stereocenters. The molecule has 2 N–H and O–H groups in total. The number of likely N-dealkylation sites (tertiary alicyclic amines) is 1. The molecule has 0 aromatic carbocycles. The second-order valence-corrected chi connectivity index (χ2v) is 5.66. The van der Waals surface area contributed by atoms with E-state index in [1.165, 1.54) is 5.56 Å². The first-order chi connectivity index (χ1) is 9.65. The number of H-pyrrole nitrogens is 1. The van der Waals surface area contributed by atoms with Crippen LogP contribution in [0.1, 0.15) is 44.4 Å². The van der Waals surface area contributed by atoms with Crippen molar-refractivity contribution in [3.63, 3.8) is 0 Å². The predicted molar refractivity (Wildman–Crippen MR) is 79.2 cm³/mol.